The molecule has 0 spiro atoms. The Balaban J connectivity index is 1.49. The van der Waals surface area contributed by atoms with E-state index in [0.717, 1.165) is 65.8 Å². The highest BCUT2D eigenvalue weighted by Gasteiger charge is 2.35. The summed E-state index contributed by atoms with van der Waals surface area (Å²) < 4.78 is 13.4. The molecule has 1 fully saturated rings. The number of benzene rings is 1. The van der Waals surface area contributed by atoms with Crippen molar-refractivity contribution in [2.75, 3.05) is 30.5 Å². The zero-order valence-corrected chi connectivity index (χ0v) is 21.3. The monoisotopic (exact) mass is 490 g/mol. The number of nitrogens with one attached hydrogen (secondary N) is 2. The smallest absolute Gasteiger partial charge is 0.212 e. The zero-order valence-electron chi connectivity index (χ0n) is 21.3. The molecule has 36 heavy (non-hydrogen) atoms. The first-order valence-corrected chi connectivity index (χ1v) is 12.5. The molecule has 4 heterocycles. The summed E-state index contributed by atoms with van der Waals surface area (Å²) in [5.41, 5.74) is 11.2. The van der Waals surface area contributed by atoms with Gasteiger partial charge in [-0.05, 0) is 57.7 Å². The summed E-state index contributed by atoms with van der Waals surface area (Å²) in [6.07, 6.45) is 5.56. The van der Waals surface area contributed by atoms with Crippen molar-refractivity contribution in [1.29, 1.82) is 0 Å². The predicted octanol–water partition coefficient (Wildman–Crippen LogP) is 3.42. The number of ether oxygens (including phenoxy) is 2. The minimum atomic E-state index is -1.23. The molecule has 2 unspecified atom stereocenters. The van der Waals surface area contributed by atoms with Gasteiger partial charge in [0.05, 0.1) is 17.9 Å². The third-order valence-corrected chi connectivity index (χ3v) is 6.90. The van der Waals surface area contributed by atoms with E-state index in [0.29, 0.717) is 18.3 Å². The number of hydrogen-bond donors (Lipinski definition) is 3. The average molecular weight is 491 g/mol. The number of nitrogens with zero attached hydrogens (tertiary/aromatic N) is 5. The van der Waals surface area contributed by atoms with Gasteiger partial charge in [-0.25, -0.2) is 9.98 Å². The fraction of sp³-hybridized carbons (Fsp3) is 0.462. The van der Waals surface area contributed by atoms with Crippen molar-refractivity contribution in [2.24, 2.45) is 23.7 Å². The van der Waals surface area contributed by atoms with Crippen LogP contribution in [-0.4, -0.2) is 51.8 Å². The van der Waals surface area contributed by atoms with Gasteiger partial charge in [0.2, 0.25) is 5.79 Å². The van der Waals surface area contributed by atoms with Gasteiger partial charge in [-0.1, -0.05) is 6.07 Å². The highest BCUT2D eigenvalue weighted by Crippen LogP contribution is 2.39. The first-order chi connectivity index (χ1) is 17.4. The van der Waals surface area contributed by atoms with Crippen LogP contribution in [0.2, 0.25) is 0 Å². The fourth-order valence-electron chi connectivity index (χ4n) is 4.91. The first kappa shape index (κ1) is 24.2. The summed E-state index contributed by atoms with van der Waals surface area (Å²) in [5, 5.41) is 15.3. The normalized spacial score (nSPS) is 20.5. The van der Waals surface area contributed by atoms with E-state index < -0.39 is 5.79 Å². The number of aromatic nitrogens is 4. The highest BCUT2D eigenvalue weighted by molar-refractivity contribution is 5.94. The minimum absolute atomic E-state index is 0.241. The Hall–Kier alpha value is -3.50. The van der Waals surface area contributed by atoms with Crippen LogP contribution in [0.4, 0.5) is 11.5 Å². The van der Waals surface area contributed by atoms with Crippen molar-refractivity contribution in [2.45, 2.75) is 45.4 Å². The van der Waals surface area contributed by atoms with Crippen LogP contribution < -0.4 is 21.1 Å². The zero-order chi connectivity index (χ0) is 25.3. The molecule has 0 amide bonds. The SMILES string of the molecule is CCOc1cc(-c2nncn2C)ccc1C1(N)N=Cc2cc(C)nc(NC(C)C3CCOCC3)c2N1. The molecule has 0 saturated carbocycles. The van der Waals surface area contributed by atoms with Gasteiger partial charge in [0.15, 0.2) is 11.6 Å². The molecule has 2 aliphatic heterocycles. The Labute approximate surface area is 211 Å². The third kappa shape index (κ3) is 4.66. The van der Waals surface area contributed by atoms with Gasteiger partial charge < -0.3 is 24.7 Å². The summed E-state index contributed by atoms with van der Waals surface area (Å²) in [6.45, 7) is 8.23. The van der Waals surface area contributed by atoms with Crippen molar-refractivity contribution in [3.63, 3.8) is 0 Å². The maximum absolute atomic E-state index is 6.91. The summed E-state index contributed by atoms with van der Waals surface area (Å²) >= 11 is 0. The summed E-state index contributed by atoms with van der Waals surface area (Å²) in [4.78, 5) is 9.56. The van der Waals surface area contributed by atoms with Crippen LogP contribution in [0, 0.1) is 12.8 Å². The largest absolute Gasteiger partial charge is 0.493 e. The van der Waals surface area contributed by atoms with Gasteiger partial charge in [0, 0.05) is 49.3 Å². The molecule has 0 aliphatic carbocycles. The molecule has 10 nitrogen and oxygen atoms in total. The summed E-state index contributed by atoms with van der Waals surface area (Å²) in [6, 6.07) is 8.08. The molecule has 2 aromatic heterocycles. The van der Waals surface area contributed by atoms with Gasteiger partial charge in [0.25, 0.3) is 0 Å². The molecule has 2 atom stereocenters. The van der Waals surface area contributed by atoms with Crippen LogP contribution >= 0.6 is 0 Å². The number of hydrogen-bond acceptors (Lipinski definition) is 9. The number of anilines is 2. The van der Waals surface area contributed by atoms with Crippen LogP contribution in [-0.2, 0) is 17.6 Å². The van der Waals surface area contributed by atoms with E-state index in [1.807, 2.05) is 55.9 Å². The minimum Gasteiger partial charge on any atom is -0.493 e. The Morgan fingerprint density at radius 1 is 1.31 bits per heavy atom. The first-order valence-electron chi connectivity index (χ1n) is 12.5. The van der Waals surface area contributed by atoms with Crippen LogP contribution in [0.25, 0.3) is 11.4 Å². The van der Waals surface area contributed by atoms with Gasteiger partial charge in [0.1, 0.15) is 12.1 Å². The molecule has 2 aliphatic rings. The number of aryl methyl sites for hydroxylation is 2. The highest BCUT2D eigenvalue weighted by atomic mass is 16.5. The second-order valence-corrected chi connectivity index (χ2v) is 9.52. The van der Waals surface area contributed by atoms with Crippen LogP contribution in [0.1, 0.15) is 43.5 Å². The van der Waals surface area contributed by atoms with Crippen LogP contribution in [0.5, 0.6) is 5.75 Å². The molecule has 3 aromatic rings. The van der Waals surface area contributed by atoms with Crippen LogP contribution in [0.3, 0.4) is 0 Å². The Morgan fingerprint density at radius 3 is 2.83 bits per heavy atom. The molecular formula is C26H34N8O2. The number of nitrogens with two attached hydrogens (primary N) is 1. The number of rotatable bonds is 7. The van der Waals surface area contributed by atoms with E-state index in [1.165, 1.54) is 0 Å². The Kier molecular flexibility index (Phi) is 6.63. The fourth-order valence-corrected chi connectivity index (χ4v) is 4.91. The van der Waals surface area contributed by atoms with Crippen molar-refractivity contribution in [3.05, 3.63) is 47.4 Å². The lowest BCUT2D eigenvalue weighted by Crippen LogP contribution is -2.45. The van der Waals surface area contributed by atoms with Gasteiger partial charge in [-0.2, -0.15) is 0 Å². The molecular weight excluding hydrogens is 456 g/mol. The average Bonchev–Trinajstić information content (AvgIpc) is 3.31. The lowest BCUT2D eigenvalue weighted by molar-refractivity contribution is 0.0622. The molecule has 0 radical (unpaired) electrons. The van der Waals surface area contributed by atoms with Crippen LogP contribution in [0.15, 0.2) is 35.6 Å². The van der Waals surface area contributed by atoms with Crippen molar-refractivity contribution >= 4 is 17.7 Å². The second kappa shape index (κ2) is 9.87. The predicted molar refractivity (Wildman–Crippen MR) is 140 cm³/mol. The van der Waals surface area contributed by atoms with Crippen molar-refractivity contribution < 1.29 is 9.47 Å². The van der Waals surface area contributed by atoms with Crippen molar-refractivity contribution in [1.82, 2.24) is 19.7 Å². The Bertz CT molecular complexity index is 1270. The third-order valence-electron chi connectivity index (χ3n) is 6.90. The van der Waals surface area contributed by atoms with Gasteiger partial charge in [-0.3, -0.25) is 5.73 Å². The lowest BCUT2D eigenvalue weighted by Gasteiger charge is -2.35. The quantitative estimate of drug-likeness (QED) is 0.460. The molecule has 5 rings (SSSR count). The van der Waals surface area contributed by atoms with Gasteiger partial charge in [-0.15, -0.1) is 10.2 Å². The lowest BCUT2D eigenvalue weighted by atomic mass is 9.93. The molecule has 1 saturated heterocycles. The van der Waals surface area contributed by atoms with E-state index >= 15 is 0 Å². The standard InChI is InChI=1S/C26H34N8O2/c1-5-36-22-13-19(25-33-29-15-34(25)4)6-7-21(22)26(27)28-14-20-12-16(2)30-24(23(20)32-26)31-17(3)18-8-10-35-11-9-18/h6-7,12-15,17-18,32H,5,8-11,27H2,1-4H3,(H,30,31). The summed E-state index contributed by atoms with van der Waals surface area (Å²) in [5.74, 6) is 1.45. The number of fused-ring (bicyclic) bond motifs is 1. The molecule has 190 valence electrons. The molecule has 0 bridgehead atoms. The molecule has 10 heteroatoms. The molecule has 4 N–H and O–H groups in total. The van der Waals surface area contributed by atoms with E-state index in [1.54, 1.807) is 6.33 Å². The Morgan fingerprint density at radius 2 is 2.11 bits per heavy atom. The second-order valence-electron chi connectivity index (χ2n) is 9.52. The maximum Gasteiger partial charge on any atom is 0.212 e. The molecule has 1 aromatic carbocycles. The van der Waals surface area contributed by atoms with E-state index in [4.69, 9.17) is 25.2 Å². The van der Waals surface area contributed by atoms with Crippen molar-refractivity contribution in [3.8, 4) is 17.1 Å². The topological polar surface area (TPSA) is 125 Å². The number of aliphatic imine (C=N–C) groups is 1. The van der Waals surface area contributed by atoms with E-state index in [9.17, 15) is 0 Å². The maximum atomic E-state index is 6.91. The van der Waals surface area contributed by atoms with E-state index in [-0.39, 0.29) is 6.04 Å². The van der Waals surface area contributed by atoms with E-state index in [2.05, 4.69) is 27.8 Å². The summed E-state index contributed by atoms with van der Waals surface area (Å²) in [7, 11) is 1.91. The number of pyridine rings is 1. The van der Waals surface area contributed by atoms with Gasteiger partial charge >= 0.3 is 0 Å².